The second-order valence-electron chi connectivity index (χ2n) is 6.35. The maximum absolute atomic E-state index is 12.7. The molecule has 0 amide bonds. The van der Waals surface area contributed by atoms with Crippen molar-refractivity contribution in [1.29, 1.82) is 0 Å². The summed E-state index contributed by atoms with van der Waals surface area (Å²) in [5.41, 5.74) is 0.699. The average molecular weight is 338 g/mol. The lowest BCUT2D eigenvalue weighted by atomic mass is 10.0. The number of carbonyl (C=O) groups is 1. The highest BCUT2D eigenvalue weighted by atomic mass is 32.2. The molecule has 2 N–H and O–H groups in total. The Bertz CT molecular complexity index is 705. The van der Waals surface area contributed by atoms with E-state index >= 15 is 0 Å². The lowest BCUT2D eigenvalue weighted by molar-refractivity contribution is 0.0599. The van der Waals surface area contributed by atoms with Crippen LogP contribution in [0.5, 0.6) is 0 Å². The minimum atomic E-state index is -3.66. The molecule has 0 aliphatic carbocycles. The number of carbonyl (C=O) groups excluding carboxylic acids is 1. The van der Waals surface area contributed by atoms with Crippen molar-refractivity contribution < 1.29 is 17.9 Å². The van der Waals surface area contributed by atoms with Gasteiger partial charge in [-0.05, 0) is 50.3 Å². The van der Waals surface area contributed by atoms with Crippen molar-refractivity contribution in [2.75, 3.05) is 7.11 Å². The van der Waals surface area contributed by atoms with E-state index in [4.69, 9.17) is 4.74 Å². The molecule has 2 fully saturated rings. The first-order chi connectivity index (χ1) is 10.9. The van der Waals surface area contributed by atoms with Crippen LogP contribution in [0.4, 0.5) is 0 Å². The molecule has 2 aliphatic rings. The summed E-state index contributed by atoms with van der Waals surface area (Å²) in [7, 11) is -2.38. The van der Waals surface area contributed by atoms with Gasteiger partial charge in [-0.25, -0.2) is 17.9 Å². The Labute approximate surface area is 136 Å². The molecule has 126 valence electrons. The van der Waals surface area contributed by atoms with Gasteiger partial charge >= 0.3 is 5.97 Å². The molecule has 2 saturated heterocycles. The molecule has 0 aromatic heterocycles. The van der Waals surface area contributed by atoms with E-state index in [1.807, 2.05) is 0 Å². The van der Waals surface area contributed by atoms with E-state index in [0.29, 0.717) is 17.6 Å². The third kappa shape index (κ3) is 3.27. The molecule has 1 aromatic carbocycles. The monoisotopic (exact) mass is 338 g/mol. The van der Waals surface area contributed by atoms with E-state index < -0.39 is 16.0 Å². The van der Waals surface area contributed by atoms with Gasteiger partial charge < -0.3 is 10.1 Å². The van der Waals surface area contributed by atoms with Gasteiger partial charge in [-0.1, -0.05) is 6.07 Å². The number of esters is 1. The summed E-state index contributed by atoms with van der Waals surface area (Å²) in [6, 6.07) is 5.43. The first-order valence-electron chi connectivity index (χ1n) is 7.87. The molecule has 7 heteroatoms. The Morgan fingerprint density at radius 2 is 1.91 bits per heavy atom. The number of rotatable bonds is 4. The first-order valence-corrected chi connectivity index (χ1v) is 9.35. The summed E-state index contributed by atoms with van der Waals surface area (Å²) in [5, 5.41) is 3.49. The molecule has 0 spiro atoms. The number of hydrogen-bond acceptors (Lipinski definition) is 5. The van der Waals surface area contributed by atoms with Crippen molar-refractivity contribution in [2.24, 2.45) is 0 Å². The predicted molar refractivity (Wildman–Crippen MR) is 85.8 cm³/mol. The molecule has 23 heavy (non-hydrogen) atoms. The zero-order chi connectivity index (χ0) is 16.6. The van der Waals surface area contributed by atoms with Gasteiger partial charge in [-0.15, -0.1) is 0 Å². The largest absolute Gasteiger partial charge is 0.465 e. The van der Waals surface area contributed by atoms with E-state index in [-0.39, 0.29) is 16.5 Å². The zero-order valence-corrected chi connectivity index (χ0v) is 14.2. The van der Waals surface area contributed by atoms with Crippen LogP contribution in [-0.4, -0.2) is 39.6 Å². The van der Waals surface area contributed by atoms with E-state index in [9.17, 15) is 13.2 Å². The Balaban J connectivity index is 1.84. The van der Waals surface area contributed by atoms with Gasteiger partial charge in [-0.2, -0.15) is 0 Å². The van der Waals surface area contributed by atoms with Gasteiger partial charge in [0.25, 0.3) is 0 Å². The average Bonchev–Trinajstić information content (AvgIpc) is 2.85. The van der Waals surface area contributed by atoms with Crippen LogP contribution >= 0.6 is 0 Å². The van der Waals surface area contributed by atoms with Gasteiger partial charge in [0, 0.05) is 18.1 Å². The smallest absolute Gasteiger partial charge is 0.338 e. The highest BCUT2D eigenvalue weighted by molar-refractivity contribution is 7.89. The van der Waals surface area contributed by atoms with Gasteiger partial charge in [0.2, 0.25) is 10.0 Å². The van der Waals surface area contributed by atoms with Crippen molar-refractivity contribution in [3.63, 3.8) is 0 Å². The fraction of sp³-hybridized carbons (Fsp3) is 0.562. The molecule has 6 nitrogen and oxygen atoms in total. The van der Waals surface area contributed by atoms with Gasteiger partial charge in [0.15, 0.2) is 0 Å². The fourth-order valence-electron chi connectivity index (χ4n) is 3.67. The second-order valence-corrected chi connectivity index (χ2v) is 8.03. The number of fused-ring (bicyclic) bond motifs is 2. The number of piperidine rings is 1. The molecule has 2 unspecified atom stereocenters. The second kappa shape index (κ2) is 6.22. The van der Waals surface area contributed by atoms with Crippen molar-refractivity contribution in [1.82, 2.24) is 10.0 Å². The van der Waals surface area contributed by atoms with Crippen molar-refractivity contribution in [3.05, 3.63) is 29.3 Å². The van der Waals surface area contributed by atoms with Crippen molar-refractivity contribution in [3.8, 4) is 0 Å². The molecule has 2 bridgehead atoms. The molecule has 1 aromatic rings. The molecular formula is C16H22N2O4S. The third-order valence-corrected chi connectivity index (χ3v) is 6.44. The number of sulfonamides is 1. The Kier molecular flexibility index (Phi) is 4.44. The maximum Gasteiger partial charge on any atom is 0.338 e. The van der Waals surface area contributed by atoms with Crippen LogP contribution in [0.15, 0.2) is 23.1 Å². The Hall–Kier alpha value is -1.44. The molecule has 0 saturated carbocycles. The summed E-state index contributed by atoms with van der Waals surface area (Å²) in [6.07, 6.45) is 3.84. The van der Waals surface area contributed by atoms with Crippen molar-refractivity contribution in [2.45, 2.75) is 55.6 Å². The lowest BCUT2D eigenvalue weighted by Crippen LogP contribution is -2.48. The molecular weight excluding hydrogens is 316 g/mol. The topological polar surface area (TPSA) is 84.5 Å². The van der Waals surface area contributed by atoms with Crippen LogP contribution in [0.1, 0.15) is 41.6 Å². The van der Waals surface area contributed by atoms with Crippen LogP contribution in [0.2, 0.25) is 0 Å². The SMILES string of the molecule is COC(=O)c1cccc(S(=O)(=O)NC2CC3CCC(C2)N3)c1C. The minimum absolute atomic E-state index is 0.0556. The van der Waals surface area contributed by atoms with Gasteiger partial charge in [0.05, 0.1) is 17.6 Å². The van der Waals surface area contributed by atoms with Crippen LogP contribution < -0.4 is 10.0 Å². The van der Waals surface area contributed by atoms with Crippen LogP contribution in [0, 0.1) is 6.92 Å². The van der Waals surface area contributed by atoms with E-state index in [0.717, 1.165) is 25.7 Å². The first kappa shape index (κ1) is 16.4. The maximum atomic E-state index is 12.7. The summed E-state index contributed by atoms with van der Waals surface area (Å²) in [6.45, 7) is 1.63. The Morgan fingerprint density at radius 1 is 1.26 bits per heavy atom. The van der Waals surface area contributed by atoms with Gasteiger partial charge in [0.1, 0.15) is 0 Å². The minimum Gasteiger partial charge on any atom is -0.465 e. The standard InChI is InChI=1S/C16H22N2O4S/c1-10-14(16(19)22-2)4-3-5-15(10)23(20,21)18-13-8-11-6-7-12(9-13)17-11/h3-5,11-13,17-18H,6-9H2,1-2H3. The predicted octanol–water partition coefficient (Wildman–Crippen LogP) is 1.34. The molecule has 2 heterocycles. The van der Waals surface area contributed by atoms with E-state index in [1.165, 1.54) is 13.2 Å². The normalized spacial score (nSPS) is 27.0. The number of benzene rings is 1. The van der Waals surface area contributed by atoms with Crippen LogP contribution in [0.3, 0.4) is 0 Å². The number of methoxy groups -OCH3 is 1. The van der Waals surface area contributed by atoms with Crippen LogP contribution in [-0.2, 0) is 14.8 Å². The molecule has 2 aliphatic heterocycles. The fourth-order valence-corrected chi connectivity index (χ4v) is 5.20. The van der Waals surface area contributed by atoms with E-state index in [2.05, 4.69) is 10.0 Å². The quantitative estimate of drug-likeness (QED) is 0.810. The lowest BCUT2D eigenvalue weighted by Gasteiger charge is -2.29. The van der Waals surface area contributed by atoms with Crippen LogP contribution in [0.25, 0.3) is 0 Å². The summed E-state index contributed by atoms with van der Waals surface area (Å²) in [5.74, 6) is -0.528. The summed E-state index contributed by atoms with van der Waals surface area (Å²) in [4.78, 5) is 11.9. The number of nitrogens with one attached hydrogen (secondary N) is 2. The third-order valence-electron chi connectivity index (χ3n) is 4.77. The summed E-state index contributed by atoms with van der Waals surface area (Å²) < 4.78 is 33.0. The Morgan fingerprint density at radius 3 is 2.52 bits per heavy atom. The number of hydrogen-bond donors (Lipinski definition) is 2. The van der Waals surface area contributed by atoms with E-state index in [1.54, 1.807) is 19.1 Å². The zero-order valence-electron chi connectivity index (χ0n) is 13.3. The molecule has 3 rings (SSSR count). The molecule has 2 atom stereocenters. The molecule has 0 radical (unpaired) electrons. The van der Waals surface area contributed by atoms with Crippen molar-refractivity contribution >= 4 is 16.0 Å². The van der Waals surface area contributed by atoms with Gasteiger partial charge in [-0.3, -0.25) is 0 Å². The number of ether oxygens (including phenoxy) is 1. The highest BCUT2D eigenvalue weighted by Crippen LogP contribution is 2.28. The highest BCUT2D eigenvalue weighted by Gasteiger charge is 2.35. The summed E-state index contributed by atoms with van der Waals surface area (Å²) >= 11 is 0.